The maximum absolute atomic E-state index is 11.8. The minimum atomic E-state index is -0.327. The van der Waals surface area contributed by atoms with Crippen LogP contribution in [-0.2, 0) is 14.3 Å². The number of carbonyl (C=O) groups excluding carboxylic acids is 2. The Bertz CT molecular complexity index is 446. The van der Waals surface area contributed by atoms with Crippen LogP contribution in [0.15, 0.2) is 0 Å². The summed E-state index contributed by atoms with van der Waals surface area (Å²) < 4.78 is 4.98. The van der Waals surface area contributed by atoms with Crippen LogP contribution in [0.25, 0.3) is 0 Å². The van der Waals surface area contributed by atoms with Gasteiger partial charge in [-0.1, -0.05) is 168 Å². The largest absolute Gasteiger partial charge is 0.393 e. The van der Waals surface area contributed by atoms with Gasteiger partial charge in [0.1, 0.15) is 0 Å². The van der Waals surface area contributed by atoms with Crippen molar-refractivity contribution >= 4 is 11.9 Å². The number of hydrogen-bond acceptors (Lipinski definition) is 3. The summed E-state index contributed by atoms with van der Waals surface area (Å²) in [6.07, 6.45) is 34.3. The van der Waals surface area contributed by atoms with Gasteiger partial charge in [0.15, 0.2) is 0 Å². The molecule has 0 spiro atoms. The number of ether oxygens (including phenoxy) is 1. The molecular weight excluding hydrogens is 432 g/mol. The normalized spacial score (nSPS) is 11.1. The van der Waals surface area contributed by atoms with Crippen molar-refractivity contribution < 1.29 is 14.3 Å². The molecular formula is C32H62O3. The van der Waals surface area contributed by atoms with Crippen molar-refractivity contribution in [2.24, 2.45) is 0 Å². The standard InChI is InChI=1S/C32H62O3/c1-3-5-7-9-11-13-15-16-17-18-20-22-24-26-28-30-32(34)35-31(33)29-27-25-23-21-19-14-12-10-8-6-4-2/h3-30H2,1-2H3. The first-order valence-electron chi connectivity index (χ1n) is 15.9. The van der Waals surface area contributed by atoms with Crippen LogP contribution in [0, 0.1) is 0 Å². The molecule has 0 rings (SSSR count). The number of carbonyl (C=O) groups is 2. The second kappa shape index (κ2) is 29.4. The maximum atomic E-state index is 11.8. The Kier molecular flexibility index (Phi) is 28.6. The van der Waals surface area contributed by atoms with Gasteiger partial charge in [0.25, 0.3) is 0 Å². The summed E-state index contributed by atoms with van der Waals surface area (Å²) in [5, 5.41) is 0. The molecule has 208 valence electrons. The van der Waals surface area contributed by atoms with Gasteiger partial charge in [0.05, 0.1) is 0 Å². The molecule has 0 aromatic heterocycles. The van der Waals surface area contributed by atoms with Gasteiger partial charge in [-0.05, 0) is 12.8 Å². The zero-order valence-electron chi connectivity index (χ0n) is 24.0. The van der Waals surface area contributed by atoms with Crippen molar-refractivity contribution in [2.75, 3.05) is 0 Å². The van der Waals surface area contributed by atoms with Crippen molar-refractivity contribution in [1.29, 1.82) is 0 Å². The summed E-state index contributed by atoms with van der Waals surface area (Å²) in [6, 6.07) is 0. The quantitative estimate of drug-likeness (QED) is 0.0617. The first kappa shape index (κ1) is 34.1. The number of unbranched alkanes of at least 4 members (excludes halogenated alkanes) is 24. The molecule has 0 fully saturated rings. The topological polar surface area (TPSA) is 43.4 Å². The molecule has 3 nitrogen and oxygen atoms in total. The van der Waals surface area contributed by atoms with Crippen LogP contribution in [0.5, 0.6) is 0 Å². The molecule has 0 aliphatic carbocycles. The Morgan fingerprint density at radius 1 is 0.343 bits per heavy atom. The molecule has 0 aromatic rings. The van der Waals surface area contributed by atoms with E-state index in [0.717, 1.165) is 25.7 Å². The summed E-state index contributed by atoms with van der Waals surface area (Å²) in [5.74, 6) is -0.653. The molecule has 0 bridgehead atoms. The van der Waals surface area contributed by atoms with Crippen molar-refractivity contribution in [3.8, 4) is 0 Å². The van der Waals surface area contributed by atoms with Crippen LogP contribution in [0.2, 0.25) is 0 Å². The van der Waals surface area contributed by atoms with Gasteiger partial charge in [-0.15, -0.1) is 0 Å². The van der Waals surface area contributed by atoms with Crippen LogP contribution in [-0.4, -0.2) is 11.9 Å². The van der Waals surface area contributed by atoms with E-state index in [1.165, 1.54) is 141 Å². The van der Waals surface area contributed by atoms with Gasteiger partial charge in [0, 0.05) is 12.8 Å². The Labute approximate surface area is 219 Å². The SMILES string of the molecule is CCCCCCCCCCCCCCCCCC(=O)OC(=O)CCCCCCCCCCCCC. The Hall–Kier alpha value is -0.860. The minimum absolute atomic E-state index is 0.326. The molecule has 0 heterocycles. The van der Waals surface area contributed by atoms with Gasteiger partial charge in [-0.3, -0.25) is 9.59 Å². The Balaban J connectivity index is 3.28. The summed E-state index contributed by atoms with van der Waals surface area (Å²) in [6.45, 7) is 4.53. The van der Waals surface area contributed by atoms with E-state index < -0.39 is 0 Å². The van der Waals surface area contributed by atoms with E-state index >= 15 is 0 Å². The third-order valence-corrected chi connectivity index (χ3v) is 7.20. The first-order valence-corrected chi connectivity index (χ1v) is 15.9. The molecule has 35 heavy (non-hydrogen) atoms. The average molecular weight is 495 g/mol. The summed E-state index contributed by atoms with van der Waals surface area (Å²) >= 11 is 0. The third-order valence-electron chi connectivity index (χ3n) is 7.20. The number of rotatable bonds is 28. The lowest BCUT2D eigenvalue weighted by Crippen LogP contribution is -2.11. The second-order valence-electron chi connectivity index (χ2n) is 10.8. The molecule has 0 unspecified atom stereocenters. The predicted molar refractivity (Wildman–Crippen MR) is 152 cm³/mol. The molecule has 0 atom stereocenters. The van der Waals surface area contributed by atoms with Crippen LogP contribution in [0.3, 0.4) is 0 Å². The minimum Gasteiger partial charge on any atom is -0.393 e. The van der Waals surface area contributed by atoms with Crippen LogP contribution in [0.1, 0.15) is 194 Å². The van der Waals surface area contributed by atoms with Gasteiger partial charge < -0.3 is 4.74 Å². The van der Waals surface area contributed by atoms with Gasteiger partial charge >= 0.3 is 11.9 Å². The van der Waals surface area contributed by atoms with E-state index in [1.54, 1.807) is 0 Å². The molecule has 0 saturated carbocycles. The molecule has 0 amide bonds. The van der Waals surface area contributed by atoms with Crippen LogP contribution >= 0.6 is 0 Å². The van der Waals surface area contributed by atoms with Crippen molar-refractivity contribution in [1.82, 2.24) is 0 Å². The second-order valence-corrected chi connectivity index (χ2v) is 10.8. The highest BCUT2D eigenvalue weighted by Gasteiger charge is 2.09. The van der Waals surface area contributed by atoms with Gasteiger partial charge in [-0.2, -0.15) is 0 Å². The van der Waals surface area contributed by atoms with Gasteiger partial charge in [0.2, 0.25) is 0 Å². The molecule has 0 aliphatic heterocycles. The summed E-state index contributed by atoms with van der Waals surface area (Å²) in [7, 11) is 0. The fourth-order valence-electron chi connectivity index (χ4n) is 4.80. The maximum Gasteiger partial charge on any atom is 0.313 e. The molecule has 0 saturated heterocycles. The summed E-state index contributed by atoms with van der Waals surface area (Å²) in [4.78, 5) is 23.7. The van der Waals surface area contributed by atoms with E-state index in [1.807, 2.05) is 0 Å². The zero-order chi connectivity index (χ0) is 25.7. The molecule has 0 aliphatic rings. The fourth-order valence-corrected chi connectivity index (χ4v) is 4.80. The van der Waals surface area contributed by atoms with Crippen LogP contribution in [0.4, 0.5) is 0 Å². The summed E-state index contributed by atoms with van der Waals surface area (Å²) in [5.41, 5.74) is 0. The molecule has 0 aromatic carbocycles. The zero-order valence-corrected chi connectivity index (χ0v) is 24.0. The molecule has 3 heteroatoms. The van der Waals surface area contributed by atoms with Gasteiger partial charge in [-0.25, -0.2) is 0 Å². The van der Waals surface area contributed by atoms with Crippen LogP contribution < -0.4 is 0 Å². The third kappa shape index (κ3) is 29.3. The Morgan fingerprint density at radius 2 is 0.543 bits per heavy atom. The highest BCUT2D eigenvalue weighted by molar-refractivity contribution is 5.85. The van der Waals surface area contributed by atoms with E-state index in [-0.39, 0.29) is 11.9 Å². The highest BCUT2D eigenvalue weighted by Crippen LogP contribution is 2.15. The smallest absolute Gasteiger partial charge is 0.313 e. The van der Waals surface area contributed by atoms with E-state index in [0.29, 0.717) is 12.8 Å². The lowest BCUT2D eigenvalue weighted by Gasteiger charge is -2.05. The van der Waals surface area contributed by atoms with Crippen molar-refractivity contribution in [3.05, 3.63) is 0 Å². The van der Waals surface area contributed by atoms with E-state index in [9.17, 15) is 9.59 Å². The van der Waals surface area contributed by atoms with E-state index in [4.69, 9.17) is 4.74 Å². The molecule has 0 N–H and O–H groups in total. The van der Waals surface area contributed by atoms with E-state index in [2.05, 4.69) is 13.8 Å². The lowest BCUT2D eigenvalue weighted by molar-refractivity contribution is -0.159. The Morgan fingerprint density at radius 3 is 0.771 bits per heavy atom. The van der Waals surface area contributed by atoms with Crippen molar-refractivity contribution in [3.63, 3.8) is 0 Å². The highest BCUT2D eigenvalue weighted by atomic mass is 16.6. The number of esters is 2. The predicted octanol–water partition coefficient (Wildman–Crippen LogP) is 11.0. The number of hydrogen-bond donors (Lipinski definition) is 0. The first-order chi connectivity index (χ1) is 17.2. The molecule has 0 radical (unpaired) electrons. The fraction of sp³-hybridized carbons (Fsp3) is 0.938. The monoisotopic (exact) mass is 494 g/mol. The lowest BCUT2D eigenvalue weighted by atomic mass is 10.0. The van der Waals surface area contributed by atoms with Crippen molar-refractivity contribution in [2.45, 2.75) is 194 Å². The average Bonchev–Trinajstić information content (AvgIpc) is 2.85.